The Morgan fingerprint density at radius 2 is 1.88 bits per heavy atom. The van der Waals surface area contributed by atoms with Crippen LogP contribution < -0.4 is 10.5 Å². The molecule has 1 aliphatic heterocycles. The summed E-state index contributed by atoms with van der Waals surface area (Å²) in [5.41, 5.74) is 5.79. The van der Waals surface area contributed by atoms with E-state index in [-0.39, 0.29) is 25.8 Å². The number of primary amides is 1. The van der Waals surface area contributed by atoms with Gasteiger partial charge in [0.25, 0.3) is 0 Å². The van der Waals surface area contributed by atoms with E-state index >= 15 is 0 Å². The number of piperidine rings is 1. The van der Waals surface area contributed by atoms with Gasteiger partial charge in [-0.05, 0) is 37.5 Å². The summed E-state index contributed by atoms with van der Waals surface area (Å²) < 4.78 is 45.0. The fraction of sp³-hybridized carbons (Fsp3) is 0.529. The Morgan fingerprint density at radius 1 is 1.24 bits per heavy atom. The second-order valence-corrected chi connectivity index (χ2v) is 6.03. The third kappa shape index (κ3) is 4.87. The molecule has 1 heterocycles. The number of alkyl halides is 3. The van der Waals surface area contributed by atoms with Crippen LogP contribution in [0.25, 0.3) is 0 Å². The molecule has 1 aliphatic rings. The first kappa shape index (κ1) is 19.1. The molecular weight excluding hydrogens is 337 g/mol. The van der Waals surface area contributed by atoms with Gasteiger partial charge in [0, 0.05) is 6.54 Å². The number of benzene rings is 1. The van der Waals surface area contributed by atoms with E-state index in [1.165, 1.54) is 0 Å². The zero-order chi connectivity index (χ0) is 18.6. The van der Waals surface area contributed by atoms with Gasteiger partial charge in [-0.3, -0.25) is 9.59 Å². The van der Waals surface area contributed by atoms with Crippen molar-refractivity contribution in [2.24, 2.45) is 11.7 Å². The highest BCUT2D eigenvalue weighted by atomic mass is 19.4. The highest BCUT2D eigenvalue weighted by Crippen LogP contribution is 2.34. The average molecular weight is 358 g/mol. The molecule has 0 radical (unpaired) electrons. The summed E-state index contributed by atoms with van der Waals surface area (Å²) in [7, 11) is 0. The van der Waals surface area contributed by atoms with E-state index in [0.29, 0.717) is 17.9 Å². The number of nitrogens with zero attached hydrogens (tertiary/aromatic N) is 1. The number of rotatable bonds is 5. The van der Waals surface area contributed by atoms with Gasteiger partial charge in [0.05, 0.1) is 18.9 Å². The molecule has 138 valence electrons. The minimum atomic E-state index is -4.53. The Balaban J connectivity index is 2.12. The molecule has 1 aromatic rings. The van der Waals surface area contributed by atoms with E-state index < -0.39 is 30.0 Å². The number of carbonyl (C=O) groups is 2. The monoisotopic (exact) mass is 358 g/mol. The summed E-state index contributed by atoms with van der Waals surface area (Å²) in [6.45, 7) is 2.03. The molecule has 0 aliphatic carbocycles. The van der Waals surface area contributed by atoms with Gasteiger partial charge in [0.1, 0.15) is 11.8 Å². The molecular formula is C17H21F3N2O3. The lowest BCUT2D eigenvalue weighted by Gasteiger charge is -2.39. The number of nitrogens with two attached hydrogens (primary N) is 1. The molecule has 2 rings (SSSR count). The number of carbonyl (C=O) groups excluding carboxylic acids is 2. The Kier molecular flexibility index (Phi) is 5.92. The fourth-order valence-corrected chi connectivity index (χ4v) is 2.97. The maximum absolute atomic E-state index is 13.2. The second kappa shape index (κ2) is 7.76. The molecule has 0 spiro atoms. The Hall–Kier alpha value is -2.25. The lowest BCUT2D eigenvalue weighted by atomic mass is 9.91. The molecule has 0 bridgehead atoms. The molecule has 5 nitrogen and oxygen atoms in total. The molecule has 8 heteroatoms. The van der Waals surface area contributed by atoms with Crippen molar-refractivity contribution in [1.82, 2.24) is 4.90 Å². The summed E-state index contributed by atoms with van der Waals surface area (Å²) in [4.78, 5) is 24.5. The van der Waals surface area contributed by atoms with Crippen molar-refractivity contribution in [3.05, 3.63) is 29.8 Å². The standard InChI is InChI=1S/C17H21F3N2O3/c1-2-25-13-6-3-11(4-7-13)9-15(23)22-10-12(16(21)24)5-8-14(22)17(18,19)20/h3-4,6-7,12,14H,2,5,8-10H2,1H3,(H2,21,24). The van der Waals surface area contributed by atoms with Gasteiger partial charge in [-0.25, -0.2) is 0 Å². The van der Waals surface area contributed by atoms with Gasteiger partial charge < -0.3 is 15.4 Å². The Bertz CT molecular complexity index is 617. The number of halogens is 3. The molecule has 0 saturated carbocycles. The van der Waals surface area contributed by atoms with Crippen molar-refractivity contribution in [2.45, 2.75) is 38.4 Å². The summed E-state index contributed by atoms with van der Waals surface area (Å²) in [5.74, 6) is -1.47. The number of likely N-dealkylation sites (tertiary alicyclic amines) is 1. The fourth-order valence-electron chi connectivity index (χ4n) is 2.97. The van der Waals surface area contributed by atoms with Crippen molar-refractivity contribution in [1.29, 1.82) is 0 Å². The number of ether oxygens (including phenoxy) is 1. The van der Waals surface area contributed by atoms with E-state index in [1.54, 1.807) is 24.3 Å². The van der Waals surface area contributed by atoms with Gasteiger partial charge in [0.15, 0.2) is 0 Å². The SMILES string of the molecule is CCOc1ccc(CC(=O)N2CC(C(N)=O)CCC2C(F)(F)F)cc1. The second-order valence-electron chi connectivity index (χ2n) is 6.03. The van der Waals surface area contributed by atoms with E-state index in [9.17, 15) is 22.8 Å². The van der Waals surface area contributed by atoms with E-state index in [2.05, 4.69) is 0 Å². The summed E-state index contributed by atoms with van der Waals surface area (Å²) in [6, 6.07) is 4.73. The van der Waals surface area contributed by atoms with Crippen molar-refractivity contribution in [2.75, 3.05) is 13.2 Å². The van der Waals surface area contributed by atoms with Gasteiger partial charge in [-0.15, -0.1) is 0 Å². The van der Waals surface area contributed by atoms with Gasteiger partial charge >= 0.3 is 6.18 Å². The number of amides is 2. The molecule has 1 saturated heterocycles. The smallest absolute Gasteiger partial charge is 0.408 e. The molecule has 2 unspecified atom stereocenters. The number of hydrogen-bond acceptors (Lipinski definition) is 3. The highest BCUT2D eigenvalue weighted by molar-refractivity contribution is 5.82. The van der Waals surface area contributed by atoms with Crippen LogP contribution >= 0.6 is 0 Å². The third-order valence-corrected chi connectivity index (χ3v) is 4.27. The summed E-state index contributed by atoms with van der Waals surface area (Å²) >= 11 is 0. The number of hydrogen-bond donors (Lipinski definition) is 1. The van der Waals surface area contributed by atoms with Crippen LogP contribution in [-0.4, -0.2) is 42.1 Å². The largest absolute Gasteiger partial charge is 0.494 e. The van der Waals surface area contributed by atoms with Crippen molar-refractivity contribution in [3.63, 3.8) is 0 Å². The minimum absolute atomic E-state index is 0.0341. The quantitative estimate of drug-likeness (QED) is 0.878. The Labute approximate surface area is 143 Å². The van der Waals surface area contributed by atoms with E-state index in [1.807, 2.05) is 6.92 Å². The zero-order valence-corrected chi connectivity index (χ0v) is 13.9. The van der Waals surface area contributed by atoms with Crippen LogP contribution in [0.5, 0.6) is 5.75 Å². The van der Waals surface area contributed by atoms with Crippen LogP contribution in [0, 0.1) is 5.92 Å². The van der Waals surface area contributed by atoms with Crippen LogP contribution in [0.3, 0.4) is 0 Å². The molecule has 1 aromatic carbocycles. The first-order chi connectivity index (χ1) is 11.7. The maximum atomic E-state index is 13.2. The summed E-state index contributed by atoms with van der Waals surface area (Å²) in [5, 5.41) is 0. The van der Waals surface area contributed by atoms with Crippen molar-refractivity contribution >= 4 is 11.8 Å². The lowest BCUT2D eigenvalue weighted by Crippen LogP contribution is -2.55. The summed E-state index contributed by atoms with van der Waals surface area (Å²) in [6.07, 6.45) is -4.99. The van der Waals surface area contributed by atoms with Crippen LogP contribution in [0.2, 0.25) is 0 Å². The predicted molar refractivity (Wildman–Crippen MR) is 84.8 cm³/mol. The Morgan fingerprint density at radius 3 is 2.40 bits per heavy atom. The van der Waals surface area contributed by atoms with Crippen LogP contribution in [0.15, 0.2) is 24.3 Å². The lowest BCUT2D eigenvalue weighted by molar-refractivity contribution is -0.199. The molecule has 2 atom stereocenters. The van der Waals surface area contributed by atoms with Crippen LogP contribution in [-0.2, 0) is 16.0 Å². The zero-order valence-electron chi connectivity index (χ0n) is 13.9. The molecule has 1 fully saturated rings. The van der Waals surface area contributed by atoms with E-state index in [4.69, 9.17) is 10.5 Å². The topological polar surface area (TPSA) is 72.6 Å². The molecule has 2 N–H and O–H groups in total. The van der Waals surface area contributed by atoms with Gasteiger partial charge in [-0.2, -0.15) is 13.2 Å². The maximum Gasteiger partial charge on any atom is 0.408 e. The normalized spacial score (nSPS) is 21.0. The van der Waals surface area contributed by atoms with E-state index in [0.717, 1.165) is 4.90 Å². The third-order valence-electron chi connectivity index (χ3n) is 4.27. The van der Waals surface area contributed by atoms with Crippen molar-refractivity contribution in [3.8, 4) is 5.75 Å². The minimum Gasteiger partial charge on any atom is -0.494 e. The molecule has 2 amide bonds. The molecule has 0 aromatic heterocycles. The first-order valence-electron chi connectivity index (χ1n) is 8.09. The van der Waals surface area contributed by atoms with Crippen LogP contribution in [0.1, 0.15) is 25.3 Å². The first-order valence-corrected chi connectivity index (χ1v) is 8.09. The van der Waals surface area contributed by atoms with Crippen LogP contribution in [0.4, 0.5) is 13.2 Å². The van der Waals surface area contributed by atoms with Gasteiger partial charge in [0.2, 0.25) is 11.8 Å². The molecule has 25 heavy (non-hydrogen) atoms. The highest BCUT2D eigenvalue weighted by Gasteiger charge is 2.48. The predicted octanol–water partition coefficient (Wildman–Crippen LogP) is 2.28. The van der Waals surface area contributed by atoms with Crippen molar-refractivity contribution < 1.29 is 27.5 Å². The average Bonchev–Trinajstić information content (AvgIpc) is 2.55. The van der Waals surface area contributed by atoms with Gasteiger partial charge in [-0.1, -0.05) is 12.1 Å².